The van der Waals surface area contributed by atoms with Crippen molar-refractivity contribution >= 4 is 0 Å². The van der Waals surface area contributed by atoms with Gasteiger partial charge in [0.15, 0.2) is 0 Å². The highest BCUT2D eigenvalue weighted by molar-refractivity contribution is 4.82. The number of methoxy groups -OCH3 is 1. The first-order chi connectivity index (χ1) is 7.56. The number of hydrogen-bond acceptors (Lipinski definition) is 2. The lowest BCUT2D eigenvalue weighted by molar-refractivity contribution is -0.135. The molecule has 0 aromatic heterocycles. The second kappa shape index (κ2) is 9.66. The van der Waals surface area contributed by atoms with Crippen LogP contribution in [0.25, 0.3) is 0 Å². The molecule has 96 valence electrons. The number of halogens is 3. The predicted molar refractivity (Wildman–Crippen MR) is 58.4 cm³/mol. The maximum Gasteiger partial charge on any atom is 0.389 e. The van der Waals surface area contributed by atoms with E-state index < -0.39 is 12.6 Å². The van der Waals surface area contributed by atoms with E-state index in [2.05, 4.69) is 5.32 Å². The summed E-state index contributed by atoms with van der Waals surface area (Å²) in [6.45, 7) is 2.31. The molecule has 0 saturated carbocycles. The molecule has 0 amide bonds. The molecule has 2 nitrogen and oxygen atoms in total. The van der Waals surface area contributed by atoms with E-state index in [1.807, 2.05) is 12.2 Å². The average molecular weight is 239 g/mol. The second-order valence-electron chi connectivity index (χ2n) is 3.51. The number of rotatable bonds is 9. The summed E-state index contributed by atoms with van der Waals surface area (Å²) < 4.78 is 40.1. The third kappa shape index (κ3) is 13.4. The average Bonchev–Trinajstić information content (AvgIpc) is 2.19. The van der Waals surface area contributed by atoms with Crippen molar-refractivity contribution in [3.05, 3.63) is 12.2 Å². The van der Waals surface area contributed by atoms with Crippen LogP contribution >= 0.6 is 0 Å². The van der Waals surface area contributed by atoms with Crippen molar-refractivity contribution in [3.8, 4) is 0 Å². The highest BCUT2D eigenvalue weighted by Gasteiger charge is 2.25. The Hall–Kier alpha value is -0.550. The van der Waals surface area contributed by atoms with Gasteiger partial charge < -0.3 is 10.1 Å². The fourth-order valence-corrected chi connectivity index (χ4v) is 1.14. The van der Waals surface area contributed by atoms with Crippen molar-refractivity contribution < 1.29 is 17.9 Å². The van der Waals surface area contributed by atoms with Crippen molar-refractivity contribution in [2.75, 3.05) is 26.8 Å². The summed E-state index contributed by atoms with van der Waals surface area (Å²) in [6, 6.07) is 0. The van der Waals surface area contributed by atoms with Crippen molar-refractivity contribution in [2.45, 2.75) is 31.9 Å². The molecule has 0 rings (SSSR count). The fourth-order valence-electron chi connectivity index (χ4n) is 1.14. The van der Waals surface area contributed by atoms with E-state index in [9.17, 15) is 13.2 Å². The molecule has 0 aliphatic rings. The van der Waals surface area contributed by atoms with Crippen LogP contribution in [0.15, 0.2) is 12.2 Å². The Morgan fingerprint density at radius 3 is 2.44 bits per heavy atom. The van der Waals surface area contributed by atoms with Gasteiger partial charge in [-0.25, -0.2) is 0 Å². The zero-order chi connectivity index (χ0) is 12.3. The molecule has 1 N–H and O–H groups in total. The monoisotopic (exact) mass is 239 g/mol. The van der Waals surface area contributed by atoms with E-state index in [1.54, 1.807) is 7.11 Å². The zero-order valence-corrected chi connectivity index (χ0v) is 9.65. The van der Waals surface area contributed by atoms with Gasteiger partial charge in [-0.05, 0) is 25.8 Å². The maximum absolute atomic E-state index is 11.8. The van der Waals surface area contributed by atoms with Gasteiger partial charge in [0.25, 0.3) is 0 Å². The number of allylic oxidation sites excluding steroid dienone is 1. The third-order valence-corrected chi connectivity index (χ3v) is 1.97. The molecule has 0 spiro atoms. The van der Waals surface area contributed by atoms with Gasteiger partial charge in [0, 0.05) is 20.1 Å². The van der Waals surface area contributed by atoms with Gasteiger partial charge >= 0.3 is 6.18 Å². The molecule has 0 atom stereocenters. The first kappa shape index (κ1) is 15.4. The van der Waals surface area contributed by atoms with E-state index in [4.69, 9.17) is 4.74 Å². The molecule has 0 heterocycles. The lowest BCUT2D eigenvalue weighted by Gasteiger charge is -2.03. The molecule has 0 aromatic rings. The zero-order valence-electron chi connectivity index (χ0n) is 9.65. The Labute approximate surface area is 94.9 Å². The van der Waals surface area contributed by atoms with Crippen LogP contribution in [-0.2, 0) is 4.74 Å². The SMILES string of the molecule is COCCNCC/C=C/CCCC(F)(F)F. The molecule has 0 aliphatic carbocycles. The van der Waals surface area contributed by atoms with Crippen LogP contribution in [0, 0.1) is 0 Å². The van der Waals surface area contributed by atoms with E-state index in [1.165, 1.54) is 0 Å². The number of hydrogen-bond donors (Lipinski definition) is 1. The second-order valence-corrected chi connectivity index (χ2v) is 3.51. The predicted octanol–water partition coefficient (Wildman–Crippen LogP) is 2.90. The number of nitrogens with one attached hydrogen (secondary N) is 1. The lowest BCUT2D eigenvalue weighted by atomic mass is 10.2. The quantitative estimate of drug-likeness (QED) is 0.493. The summed E-state index contributed by atoms with van der Waals surface area (Å²) in [4.78, 5) is 0. The van der Waals surface area contributed by atoms with Crippen LogP contribution in [0.4, 0.5) is 13.2 Å². The topological polar surface area (TPSA) is 21.3 Å². The Bertz CT molecular complexity index is 181. The molecule has 0 unspecified atom stereocenters. The van der Waals surface area contributed by atoms with E-state index in [-0.39, 0.29) is 6.42 Å². The molecular weight excluding hydrogens is 219 g/mol. The standard InChI is InChI=1S/C11H20F3NO/c1-16-10-9-15-8-6-4-2-3-5-7-11(12,13)14/h2,4,15H,3,5-10H2,1H3/b4-2+. The largest absolute Gasteiger partial charge is 0.389 e. The summed E-state index contributed by atoms with van der Waals surface area (Å²) in [5, 5.41) is 3.15. The first-order valence-electron chi connectivity index (χ1n) is 5.47. The minimum atomic E-state index is -4.02. The van der Waals surface area contributed by atoms with Gasteiger partial charge in [0.2, 0.25) is 0 Å². The van der Waals surface area contributed by atoms with Crippen LogP contribution < -0.4 is 5.32 Å². The fraction of sp³-hybridized carbons (Fsp3) is 0.818. The van der Waals surface area contributed by atoms with E-state index in [0.717, 1.165) is 19.5 Å². The highest BCUT2D eigenvalue weighted by atomic mass is 19.4. The number of alkyl halides is 3. The molecule has 0 saturated heterocycles. The van der Waals surface area contributed by atoms with Gasteiger partial charge in [0.05, 0.1) is 6.61 Å². The van der Waals surface area contributed by atoms with Gasteiger partial charge in [-0.1, -0.05) is 12.2 Å². The van der Waals surface area contributed by atoms with Crippen molar-refractivity contribution in [1.29, 1.82) is 0 Å². The summed E-state index contributed by atoms with van der Waals surface area (Å²) >= 11 is 0. The maximum atomic E-state index is 11.8. The van der Waals surface area contributed by atoms with E-state index >= 15 is 0 Å². The van der Waals surface area contributed by atoms with Gasteiger partial charge in [-0.2, -0.15) is 13.2 Å². The first-order valence-corrected chi connectivity index (χ1v) is 5.47. The minimum Gasteiger partial charge on any atom is -0.383 e. The molecule has 0 aromatic carbocycles. The van der Waals surface area contributed by atoms with E-state index in [0.29, 0.717) is 13.0 Å². The number of unbranched alkanes of at least 4 members (excludes halogenated alkanes) is 1. The van der Waals surface area contributed by atoms with Crippen LogP contribution in [0.3, 0.4) is 0 Å². The summed E-state index contributed by atoms with van der Waals surface area (Å²) in [6.07, 6.45) is 0.531. The summed E-state index contributed by atoms with van der Waals surface area (Å²) in [5.41, 5.74) is 0. The molecule has 0 radical (unpaired) electrons. The van der Waals surface area contributed by atoms with Crippen LogP contribution in [0.2, 0.25) is 0 Å². The molecular formula is C11H20F3NO. The lowest BCUT2D eigenvalue weighted by Crippen LogP contribution is -2.19. The molecule has 5 heteroatoms. The molecule has 0 aliphatic heterocycles. The van der Waals surface area contributed by atoms with Crippen LogP contribution in [0.5, 0.6) is 0 Å². The normalized spacial score (nSPS) is 12.5. The van der Waals surface area contributed by atoms with Crippen LogP contribution in [0.1, 0.15) is 25.7 Å². The van der Waals surface area contributed by atoms with Crippen LogP contribution in [-0.4, -0.2) is 33.0 Å². The van der Waals surface area contributed by atoms with Crippen molar-refractivity contribution in [1.82, 2.24) is 5.32 Å². The Morgan fingerprint density at radius 1 is 1.12 bits per heavy atom. The third-order valence-electron chi connectivity index (χ3n) is 1.97. The Balaban J connectivity index is 3.16. The van der Waals surface area contributed by atoms with Gasteiger partial charge in [-0.3, -0.25) is 0 Å². The van der Waals surface area contributed by atoms with Gasteiger partial charge in [-0.15, -0.1) is 0 Å². The number of ether oxygens (including phenoxy) is 1. The molecule has 16 heavy (non-hydrogen) atoms. The smallest absolute Gasteiger partial charge is 0.383 e. The Kier molecular flexibility index (Phi) is 9.33. The summed E-state index contributed by atoms with van der Waals surface area (Å²) in [7, 11) is 1.64. The Morgan fingerprint density at radius 2 is 1.81 bits per heavy atom. The summed E-state index contributed by atoms with van der Waals surface area (Å²) in [5.74, 6) is 0. The highest BCUT2D eigenvalue weighted by Crippen LogP contribution is 2.22. The molecule has 0 fully saturated rings. The minimum absolute atomic E-state index is 0.178. The van der Waals surface area contributed by atoms with Gasteiger partial charge in [0.1, 0.15) is 0 Å². The van der Waals surface area contributed by atoms with Crippen molar-refractivity contribution in [2.24, 2.45) is 0 Å². The molecule has 0 bridgehead atoms. The van der Waals surface area contributed by atoms with Crippen molar-refractivity contribution in [3.63, 3.8) is 0 Å².